The van der Waals surface area contributed by atoms with Gasteiger partial charge in [0, 0.05) is 38.3 Å². The lowest BCUT2D eigenvalue weighted by Crippen LogP contribution is -2.58. The fourth-order valence-electron chi connectivity index (χ4n) is 4.31. The molecule has 0 unspecified atom stereocenters. The first-order valence-electron chi connectivity index (χ1n) is 10.2. The van der Waals surface area contributed by atoms with Gasteiger partial charge in [-0.1, -0.05) is 25.8 Å². The van der Waals surface area contributed by atoms with Crippen molar-refractivity contribution in [1.82, 2.24) is 15.1 Å². The summed E-state index contributed by atoms with van der Waals surface area (Å²) in [5.74, 6) is 0.0105. The molecular weight excluding hydrogens is 345 g/mol. The molecule has 2 fully saturated rings. The highest BCUT2D eigenvalue weighted by Crippen LogP contribution is 2.31. The number of hydrogen-bond donors (Lipinski definition) is 1. The minimum absolute atomic E-state index is 0.0922. The van der Waals surface area contributed by atoms with Crippen LogP contribution in [-0.4, -0.2) is 60.4 Å². The molecule has 1 aromatic carbocycles. The highest BCUT2D eigenvalue weighted by molar-refractivity contribution is 5.94. The number of rotatable bonds is 6. The van der Waals surface area contributed by atoms with E-state index in [1.807, 2.05) is 0 Å². The molecule has 1 N–H and O–H groups in total. The van der Waals surface area contributed by atoms with Gasteiger partial charge in [0.25, 0.3) is 5.91 Å². The average Bonchev–Trinajstić information content (AvgIpc) is 3.21. The number of benzene rings is 1. The molecule has 0 spiro atoms. The molecule has 2 amide bonds. The monoisotopic (exact) mass is 375 g/mol. The summed E-state index contributed by atoms with van der Waals surface area (Å²) in [7, 11) is 0. The molecule has 0 radical (unpaired) electrons. The van der Waals surface area contributed by atoms with Crippen LogP contribution in [0.3, 0.4) is 0 Å². The van der Waals surface area contributed by atoms with Crippen LogP contribution in [0.2, 0.25) is 0 Å². The lowest BCUT2D eigenvalue weighted by molar-refractivity contribution is -0.129. The predicted octanol–water partition coefficient (Wildman–Crippen LogP) is 2.67. The van der Waals surface area contributed by atoms with Crippen molar-refractivity contribution in [3.63, 3.8) is 0 Å². The van der Waals surface area contributed by atoms with E-state index in [2.05, 4.69) is 17.1 Å². The zero-order chi connectivity index (χ0) is 19.2. The number of halogens is 1. The van der Waals surface area contributed by atoms with Gasteiger partial charge in [0.2, 0.25) is 5.91 Å². The summed E-state index contributed by atoms with van der Waals surface area (Å²) in [6.45, 7) is 5.27. The second kappa shape index (κ2) is 9.31. The largest absolute Gasteiger partial charge is 0.355 e. The van der Waals surface area contributed by atoms with Gasteiger partial charge in [-0.3, -0.25) is 14.5 Å². The van der Waals surface area contributed by atoms with Crippen LogP contribution in [-0.2, 0) is 4.79 Å². The van der Waals surface area contributed by atoms with E-state index in [1.165, 1.54) is 25.0 Å². The van der Waals surface area contributed by atoms with Crippen LogP contribution in [0.25, 0.3) is 0 Å². The van der Waals surface area contributed by atoms with Crippen LogP contribution in [0, 0.1) is 11.7 Å². The average molecular weight is 375 g/mol. The molecular formula is C21H30FN3O2. The third-order valence-corrected chi connectivity index (χ3v) is 5.73. The maximum absolute atomic E-state index is 13.4. The first-order chi connectivity index (χ1) is 13.1. The van der Waals surface area contributed by atoms with E-state index in [-0.39, 0.29) is 17.9 Å². The number of nitrogens with zero attached hydrogens (tertiary/aromatic N) is 2. The number of carbonyl (C=O) groups excluding carboxylic acids is 2. The Morgan fingerprint density at radius 3 is 2.52 bits per heavy atom. The summed E-state index contributed by atoms with van der Waals surface area (Å²) in [5, 5.41) is 3.07. The molecule has 6 heteroatoms. The summed E-state index contributed by atoms with van der Waals surface area (Å²) in [5.41, 5.74) is 0.386. The molecule has 148 valence electrons. The van der Waals surface area contributed by atoms with Crippen molar-refractivity contribution in [1.29, 1.82) is 0 Å². The first kappa shape index (κ1) is 19.8. The molecule has 1 saturated heterocycles. The number of piperazine rings is 1. The van der Waals surface area contributed by atoms with Gasteiger partial charge < -0.3 is 10.2 Å². The van der Waals surface area contributed by atoms with Crippen molar-refractivity contribution >= 4 is 11.8 Å². The fourth-order valence-corrected chi connectivity index (χ4v) is 4.31. The Morgan fingerprint density at radius 1 is 1.19 bits per heavy atom. The van der Waals surface area contributed by atoms with Gasteiger partial charge in [0.1, 0.15) is 5.82 Å². The van der Waals surface area contributed by atoms with Crippen molar-refractivity contribution < 1.29 is 14.0 Å². The molecule has 1 heterocycles. The van der Waals surface area contributed by atoms with Gasteiger partial charge in [-0.15, -0.1) is 0 Å². The van der Waals surface area contributed by atoms with Crippen LogP contribution >= 0.6 is 0 Å². The Labute approximate surface area is 160 Å². The number of amides is 2. The standard InChI is InChI=1S/C21H30FN3O2/c1-2-10-23-20(26)19(16-6-3-4-7-16)24-11-13-25(14-12-24)21(27)17-8-5-9-18(22)15-17/h5,8-9,15-16,19H,2-4,6-7,10-14H2,1H3,(H,23,26)/t19-/m1/s1. The maximum Gasteiger partial charge on any atom is 0.254 e. The molecule has 5 nitrogen and oxygen atoms in total. The van der Waals surface area contributed by atoms with Gasteiger partial charge in [0.15, 0.2) is 0 Å². The van der Waals surface area contributed by atoms with E-state index in [0.717, 1.165) is 19.3 Å². The first-order valence-corrected chi connectivity index (χ1v) is 10.2. The summed E-state index contributed by atoms with van der Waals surface area (Å²) in [4.78, 5) is 29.4. The zero-order valence-corrected chi connectivity index (χ0v) is 16.1. The van der Waals surface area contributed by atoms with Crippen LogP contribution in [0.5, 0.6) is 0 Å². The molecule has 1 aromatic rings. The molecule has 0 bridgehead atoms. The maximum atomic E-state index is 13.4. The van der Waals surface area contributed by atoms with Gasteiger partial charge in [-0.2, -0.15) is 0 Å². The summed E-state index contributed by atoms with van der Waals surface area (Å²) in [6, 6.07) is 5.75. The Kier molecular flexibility index (Phi) is 6.83. The third kappa shape index (κ3) is 4.86. The normalized spacial score (nSPS) is 19.9. The lowest BCUT2D eigenvalue weighted by Gasteiger charge is -2.40. The number of carbonyl (C=O) groups is 2. The van der Waals surface area contributed by atoms with E-state index < -0.39 is 5.82 Å². The van der Waals surface area contributed by atoms with Gasteiger partial charge >= 0.3 is 0 Å². The third-order valence-electron chi connectivity index (χ3n) is 5.73. The molecule has 0 aromatic heterocycles. The fraction of sp³-hybridized carbons (Fsp3) is 0.619. The Morgan fingerprint density at radius 2 is 1.89 bits per heavy atom. The van der Waals surface area contributed by atoms with Crippen molar-refractivity contribution in [2.45, 2.75) is 45.1 Å². The van der Waals surface area contributed by atoms with Crippen molar-refractivity contribution in [2.75, 3.05) is 32.7 Å². The Balaban J connectivity index is 1.62. The van der Waals surface area contributed by atoms with Crippen molar-refractivity contribution in [2.24, 2.45) is 5.92 Å². The summed E-state index contributed by atoms with van der Waals surface area (Å²) >= 11 is 0. The quantitative estimate of drug-likeness (QED) is 0.832. The second-order valence-corrected chi connectivity index (χ2v) is 7.62. The number of hydrogen-bond acceptors (Lipinski definition) is 3. The Hall–Kier alpha value is -1.95. The highest BCUT2D eigenvalue weighted by Gasteiger charge is 2.37. The van der Waals surface area contributed by atoms with Gasteiger partial charge in [-0.25, -0.2) is 4.39 Å². The van der Waals surface area contributed by atoms with Crippen LogP contribution in [0.1, 0.15) is 49.4 Å². The molecule has 3 rings (SSSR count). The molecule has 1 aliphatic carbocycles. The molecule has 1 atom stereocenters. The van der Waals surface area contributed by atoms with E-state index >= 15 is 0 Å². The van der Waals surface area contributed by atoms with Gasteiger partial charge in [-0.05, 0) is 43.4 Å². The lowest BCUT2D eigenvalue weighted by atomic mass is 9.95. The van der Waals surface area contributed by atoms with Crippen LogP contribution in [0.15, 0.2) is 24.3 Å². The van der Waals surface area contributed by atoms with Gasteiger partial charge in [0.05, 0.1) is 6.04 Å². The molecule has 1 aliphatic heterocycles. The second-order valence-electron chi connectivity index (χ2n) is 7.62. The zero-order valence-electron chi connectivity index (χ0n) is 16.1. The molecule has 2 aliphatic rings. The summed E-state index contributed by atoms with van der Waals surface area (Å²) < 4.78 is 13.4. The van der Waals surface area contributed by atoms with E-state index in [4.69, 9.17) is 0 Å². The highest BCUT2D eigenvalue weighted by atomic mass is 19.1. The van der Waals surface area contributed by atoms with E-state index in [1.54, 1.807) is 17.0 Å². The summed E-state index contributed by atoms with van der Waals surface area (Å²) in [6.07, 6.45) is 5.53. The Bertz CT molecular complexity index is 653. The molecule has 1 saturated carbocycles. The van der Waals surface area contributed by atoms with E-state index in [9.17, 15) is 14.0 Å². The van der Waals surface area contributed by atoms with Crippen LogP contribution < -0.4 is 5.32 Å². The minimum atomic E-state index is -0.395. The topological polar surface area (TPSA) is 52.7 Å². The van der Waals surface area contributed by atoms with Crippen LogP contribution in [0.4, 0.5) is 4.39 Å². The smallest absolute Gasteiger partial charge is 0.254 e. The van der Waals surface area contributed by atoms with E-state index in [0.29, 0.717) is 44.2 Å². The van der Waals surface area contributed by atoms with Crippen molar-refractivity contribution in [3.05, 3.63) is 35.6 Å². The predicted molar refractivity (Wildman–Crippen MR) is 103 cm³/mol. The molecule has 27 heavy (non-hydrogen) atoms. The SMILES string of the molecule is CCCNC(=O)[C@@H](C1CCCC1)N1CCN(C(=O)c2cccc(F)c2)CC1. The minimum Gasteiger partial charge on any atom is -0.355 e. The van der Waals surface area contributed by atoms with Crippen molar-refractivity contribution in [3.8, 4) is 0 Å². The number of nitrogens with one attached hydrogen (secondary N) is 1.